The van der Waals surface area contributed by atoms with Crippen LogP contribution >= 0.6 is 11.8 Å². The highest BCUT2D eigenvalue weighted by molar-refractivity contribution is 8.00. The van der Waals surface area contributed by atoms with Gasteiger partial charge in [-0.15, -0.1) is 11.8 Å². The van der Waals surface area contributed by atoms with Crippen molar-refractivity contribution in [1.29, 1.82) is 0 Å². The van der Waals surface area contributed by atoms with Gasteiger partial charge >= 0.3 is 0 Å². The Hall–Kier alpha value is -1.29. The highest BCUT2D eigenvalue weighted by Crippen LogP contribution is 2.30. The van der Waals surface area contributed by atoms with Gasteiger partial charge in [0, 0.05) is 10.1 Å². The Kier molecular flexibility index (Phi) is 2.52. The molecule has 0 saturated carbocycles. The maximum atomic E-state index is 11.5. The summed E-state index contributed by atoms with van der Waals surface area (Å²) in [5.74, 6) is -0.569. The van der Waals surface area contributed by atoms with Gasteiger partial charge in [-0.2, -0.15) is 0 Å². The highest BCUT2D eigenvalue weighted by Gasteiger charge is 2.29. The Morgan fingerprint density at radius 2 is 1.93 bits per heavy atom. The van der Waals surface area contributed by atoms with E-state index in [2.05, 4.69) is 19.2 Å². The Morgan fingerprint density at radius 1 is 1.20 bits per heavy atom. The van der Waals surface area contributed by atoms with Crippen molar-refractivity contribution in [3.05, 3.63) is 29.3 Å². The minimum atomic E-state index is -0.291. The van der Waals surface area contributed by atoms with Gasteiger partial charge in [-0.3, -0.25) is 14.9 Å². The van der Waals surface area contributed by atoms with E-state index in [1.807, 2.05) is 12.1 Å². The van der Waals surface area contributed by atoms with Gasteiger partial charge in [-0.1, -0.05) is 19.9 Å². The Labute approximate surface area is 92.2 Å². The second-order valence-corrected chi connectivity index (χ2v) is 5.25. The van der Waals surface area contributed by atoms with E-state index in [1.165, 1.54) is 0 Å². The van der Waals surface area contributed by atoms with Gasteiger partial charge in [0.2, 0.25) is 0 Å². The van der Waals surface area contributed by atoms with Crippen molar-refractivity contribution in [2.24, 2.45) is 0 Å². The number of imide groups is 1. The van der Waals surface area contributed by atoms with Crippen LogP contribution in [0.4, 0.5) is 0 Å². The number of hydrogen-bond donors (Lipinski definition) is 1. The fourth-order valence-corrected chi connectivity index (χ4v) is 2.53. The fraction of sp³-hybridized carbons (Fsp3) is 0.273. The van der Waals surface area contributed by atoms with Crippen molar-refractivity contribution >= 4 is 23.6 Å². The molecule has 0 atom stereocenters. The van der Waals surface area contributed by atoms with Crippen molar-refractivity contribution < 1.29 is 9.59 Å². The van der Waals surface area contributed by atoms with E-state index in [9.17, 15) is 9.59 Å². The van der Waals surface area contributed by atoms with Crippen LogP contribution in [0.2, 0.25) is 0 Å². The molecule has 78 valence electrons. The first-order chi connectivity index (χ1) is 7.09. The zero-order valence-electron chi connectivity index (χ0n) is 8.53. The molecule has 0 aliphatic carbocycles. The maximum absolute atomic E-state index is 11.5. The number of amides is 2. The van der Waals surface area contributed by atoms with Crippen molar-refractivity contribution in [2.75, 3.05) is 0 Å². The van der Waals surface area contributed by atoms with E-state index in [0.717, 1.165) is 4.90 Å². The molecule has 1 aliphatic heterocycles. The SMILES string of the molecule is CC(C)Sc1cccc2c1C(=O)NC2=O. The molecule has 0 fully saturated rings. The summed E-state index contributed by atoms with van der Waals surface area (Å²) in [7, 11) is 0. The highest BCUT2D eigenvalue weighted by atomic mass is 32.2. The molecular formula is C11H11NO2S. The fourth-order valence-electron chi connectivity index (χ4n) is 1.54. The topological polar surface area (TPSA) is 46.2 Å². The molecule has 2 amide bonds. The average Bonchev–Trinajstić information content (AvgIpc) is 2.43. The van der Waals surface area contributed by atoms with Crippen molar-refractivity contribution in [2.45, 2.75) is 24.0 Å². The Balaban J connectivity index is 2.50. The second kappa shape index (κ2) is 3.70. The summed E-state index contributed by atoms with van der Waals surface area (Å²) in [6, 6.07) is 5.36. The molecule has 0 saturated heterocycles. The minimum absolute atomic E-state index is 0.279. The summed E-state index contributed by atoms with van der Waals surface area (Å²) < 4.78 is 0. The van der Waals surface area contributed by atoms with Gasteiger partial charge in [0.05, 0.1) is 11.1 Å². The molecule has 0 unspecified atom stereocenters. The van der Waals surface area contributed by atoms with E-state index in [4.69, 9.17) is 0 Å². The molecule has 1 aliphatic rings. The molecule has 1 N–H and O–H groups in total. The van der Waals surface area contributed by atoms with Crippen LogP contribution in [0.15, 0.2) is 23.1 Å². The van der Waals surface area contributed by atoms with Crippen LogP contribution in [0.3, 0.4) is 0 Å². The lowest BCUT2D eigenvalue weighted by Gasteiger charge is -2.07. The minimum Gasteiger partial charge on any atom is -0.288 e. The third-order valence-electron chi connectivity index (χ3n) is 2.09. The van der Waals surface area contributed by atoms with Gasteiger partial charge in [-0.25, -0.2) is 0 Å². The first-order valence-corrected chi connectivity index (χ1v) is 5.63. The van der Waals surface area contributed by atoms with Crippen LogP contribution in [0.5, 0.6) is 0 Å². The van der Waals surface area contributed by atoms with E-state index in [0.29, 0.717) is 16.4 Å². The van der Waals surface area contributed by atoms with E-state index in [-0.39, 0.29) is 11.8 Å². The lowest BCUT2D eigenvalue weighted by molar-refractivity contribution is 0.0879. The lowest BCUT2D eigenvalue weighted by Crippen LogP contribution is -2.20. The van der Waals surface area contributed by atoms with E-state index >= 15 is 0 Å². The molecule has 3 nitrogen and oxygen atoms in total. The summed E-state index contributed by atoms with van der Waals surface area (Å²) >= 11 is 1.60. The maximum Gasteiger partial charge on any atom is 0.260 e. The van der Waals surface area contributed by atoms with Crippen LogP contribution in [-0.4, -0.2) is 17.1 Å². The van der Waals surface area contributed by atoms with Gasteiger partial charge in [-0.05, 0) is 12.1 Å². The number of benzene rings is 1. The van der Waals surface area contributed by atoms with Gasteiger partial charge < -0.3 is 0 Å². The molecular weight excluding hydrogens is 210 g/mol. The van der Waals surface area contributed by atoms with Crippen LogP contribution in [0.1, 0.15) is 34.6 Å². The van der Waals surface area contributed by atoms with E-state index in [1.54, 1.807) is 17.8 Å². The number of thioether (sulfide) groups is 1. The predicted octanol–water partition coefficient (Wildman–Crippen LogP) is 2.07. The summed E-state index contributed by atoms with van der Waals surface area (Å²) in [5, 5.41) is 2.69. The molecule has 15 heavy (non-hydrogen) atoms. The van der Waals surface area contributed by atoms with E-state index < -0.39 is 0 Å². The summed E-state index contributed by atoms with van der Waals surface area (Å²) in [6.07, 6.45) is 0. The smallest absolute Gasteiger partial charge is 0.260 e. The third-order valence-corrected chi connectivity index (χ3v) is 3.15. The second-order valence-electron chi connectivity index (χ2n) is 3.63. The first kappa shape index (κ1) is 10.2. The predicted molar refractivity (Wildman–Crippen MR) is 59.2 cm³/mol. The first-order valence-electron chi connectivity index (χ1n) is 4.75. The molecule has 2 rings (SSSR count). The van der Waals surface area contributed by atoms with Crippen molar-refractivity contribution in [3.63, 3.8) is 0 Å². The largest absolute Gasteiger partial charge is 0.288 e. The Bertz CT molecular complexity index is 440. The molecule has 0 spiro atoms. The monoisotopic (exact) mass is 221 g/mol. The zero-order chi connectivity index (χ0) is 11.0. The van der Waals surface area contributed by atoms with Gasteiger partial charge in [0.25, 0.3) is 11.8 Å². The number of fused-ring (bicyclic) bond motifs is 1. The molecule has 1 aromatic rings. The molecule has 0 radical (unpaired) electrons. The summed E-state index contributed by atoms with van der Waals surface area (Å²) in [6.45, 7) is 4.11. The molecule has 0 bridgehead atoms. The van der Waals surface area contributed by atoms with Gasteiger partial charge in [0.15, 0.2) is 0 Å². The summed E-state index contributed by atoms with van der Waals surface area (Å²) in [4.78, 5) is 23.8. The number of rotatable bonds is 2. The molecule has 1 aromatic carbocycles. The quantitative estimate of drug-likeness (QED) is 0.614. The number of hydrogen-bond acceptors (Lipinski definition) is 3. The van der Waals surface area contributed by atoms with Crippen molar-refractivity contribution in [1.82, 2.24) is 5.32 Å². The summed E-state index contributed by atoms with van der Waals surface area (Å²) in [5.41, 5.74) is 1.02. The standard InChI is InChI=1S/C11H11NO2S/c1-6(2)15-8-5-3-4-7-9(8)11(14)12-10(7)13/h3-6H,1-2H3,(H,12,13,14). The zero-order valence-corrected chi connectivity index (χ0v) is 9.35. The van der Waals surface area contributed by atoms with Crippen LogP contribution < -0.4 is 5.32 Å². The number of carbonyl (C=O) groups excluding carboxylic acids is 2. The van der Waals surface area contributed by atoms with Crippen LogP contribution in [0.25, 0.3) is 0 Å². The number of carbonyl (C=O) groups is 2. The Morgan fingerprint density at radius 3 is 2.60 bits per heavy atom. The normalized spacial score (nSPS) is 14.3. The lowest BCUT2D eigenvalue weighted by atomic mass is 10.1. The van der Waals surface area contributed by atoms with Crippen molar-refractivity contribution in [3.8, 4) is 0 Å². The number of nitrogens with one attached hydrogen (secondary N) is 1. The van der Waals surface area contributed by atoms with Crippen LogP contribution in [-0.2, 0) is 0 Å². The molecule has 0 aromatic heterocycles. The third kappa shape index (κ3) is 1.77. The van der Waals surface area contributed by atoms with Gasteiger partial charge in [0.1, 0.15) is 0 Å². The van der Waals surface area contributed by atoms with Crippen LogP contribution in [0, 0.1) is 0 Å². The molecule has 4 heteroatoms. The average molecular weight is 221 g/mol. The molecule has 1 heterocycles.